The molecule has 1 rings (SSSR count). The second-order valence-corrected chi connectivity index (χ2v) is 5.02. The SMILES string of the molecule is CCCc1nc(CCN)c(Br)s1. The standard InChI is InChI=1S/C8H13BrN2S/c1-2-3-7-11-6(4-5-10)8(9)12-7/h2-5,10H2,1H3. The van der Waals surface area contributed by atoms with Gasteiger partial charge in [0.2, 0.25) is 0 Å². The van der Waals surface area contributed by atoms with E-state index in [9.17, 15) is 0 Å². The molecule has 0 amide bonds. The van der Waals surface area contributed by atoms with Gasteiger partial charge in [-0.1, -0.05) is 6.92 Å². The number of hydrogen-bond acceptors (Lipinski definition) is 3. The average molecular weight is 249 g/mol. The van der Waals surface area contributed by atoms with Crippen molar-refractivity contribution in [3.05, 3.63) is 14.5 Å². The molecule has 0 saturated heterocycles. The van der Waals surface area contributed by atoms with E-state index in [-0.39, 0.29) is 0 Å². The van der Waals surface area contributed by atoms with Gasteiger partial charge in [0.05, 0.1) is 14.5 Å². The number of aromatic nitrogens is 1. The molecule has 0 bridgehead atoms. The first-order chi connectivity index (χ1) is 5.77. The molecule has 0 spiro atoms. The maximum atomic E-state index is 5.46. The normalized spacial score (nSPS) is 10.6. The zero-order chi connectivity index (χ0) is 8.97. The van der Waals surface area contributed by atoms with Crippen LogP contribution in [-0.2, 0) is 12.8 Å². The van der Waals surface area contributed by atoms with Crippen molar-refractivity contribution >= 4 is 27.3 Å². The molecular weight excluding hydrogens is 236 g/mol. The van der Waals surface area contributed by atoms with Gasteiger partial charge in [0, 0.05) is 6.42 Å². The first kappa shape index (κ1) is 10.2. The van der Waals surface area contributed by atoms with Crippen LogP contribution in [0.15, 0.2) is 3.79 Å². The van der Waals surface area contributed by atoms with E-state index in [2.05, 4.69) is 27.8 Å². The highest BCUT2D eigenvalue weighted by molar-refractivity contribution is 9.11. The van der Waals surface area contributed by atoms with E-state index in [1.807, 2.05) is 0 Å². The van der Waals surface area contributed by atoms with Crippen LogP contribution in [0.3, 0.4) is 0 Å². The van der Waals surface area contributed by atoms with E-state index in [0.717, 1.165) is 28.7 Å². The number of aryl methyl sites for hydroxylation is 1. The fourth-order valence-electron chi connectivity index (χ4n) is 0.991. The van der Waals surface area contributed by atoms with E-state index in [0.29, 0.717) is 6.54 Å². The maximum absolute atomic E-state index is 5.46. The lowest BCUT2D eigenvalue weighted by molar-refractivity contribution is 0.874. The number of thiazole rings is 1. The summed E-state index contributed by atoms with van der Waals surface area (Å²) in [7, 11) is 0. The van der Waals surface area contributed by atoms with E-state index in [1.54, 1.807) is 11.3 Å². The third-order valence-electron chi connectivity index (χ3n) is 1.54. The van der Waals surface area contributed by atoms with Crippen LogP contribution in [0, 0.1) is 0 Å². The van der Waals surface area contributed by atoms with E-state index >= 15 is 0 Å². The Labute approximate surface area is 85.3 Å². The molecule has 0 aromatic carbocycles. The van der Waals surface area contributed by atoms with Crippen LogP contribution < -0.4 is 5.73 Å². The van der Waals surface area contributed by atoms with Crippen molar-refractivity contribution in [2.45, 2.75) is 26.2 Å². The summed E-state index contributed by atoms with van der Waals surface area (Å²) in [4.78, 5) is 4.48. The Kier molecular flexibility index (Phi) is 4.18. The summed E-state index contributed by atoms with van der Waals surface area (Å²) in [5.41, 5.74) is 6.57. The fraction of sp³-hybridized carbons (Fsp3) is 0.625. The summed E-state index contributed by atoms with van der Waals surface area (Å²) < 4.78 is 1.15. The summed E-state index contributed by atoms with van der Waals surface area (Å²) >= 11 is 5.22. The highest BCUT2D eigenvalue weighted by atomic mass is 79.9. The second kappa shape index (κ2) is 4.94. The molecule has 1 aromatic rings. The first-order valence-corrected chi connectivity index (χ1v) is 5.73. The Morgan fingerprint density at radius 2 is 2.25 bits per heavy atom. The number of rotatable bonds is 4. The van der Waals surface area contributed by atoms with Crippen molar-refractivity contribution < 1.29 is 0 Å². The molecule has 2 nitrogen and oxygen atoms in total. The second-order valence-electron chi connectivity index (χ2n) is 2.62. The smallest absolute Gasteiger partial charge is 0.0940 e. The van der Waals surface area contributed by atoms with Crippen LogP contribution in [0.4, 0.5) is 0 Å². The highest BCUT2D eigenvalue weighted by Gasteiger charge is 2.06. The summed E-state index contributed by atoms with van der Waals surface area (Å²) in [5.74, 6) is 0. The Bertz CT molecular complexity index is 247. The maximum Gasteiger partial charge on any atom is 0.0940 e. The molecule has 0 aliphatic carbocycles. The number of nitrogens with zero attached hydrogens (tertiary/aromatic N) is 1. The van der Waals surface area contributed by atoms with E-state index < -0.39 is 0 Å². The molecular formula is C8H13BrN2S. The van der Waals surface area contributed by atoms with E-state index in [1.165, 1.54) is 5.01 Å². The lowest BCUT2D eigenvalue weighted by atomic mass is 10.3. The van der Waals surface area contributed by atoms with Crippen LogP contribution in [0.1, 0.15) is 24.0 Å². The minimum Gasteiger partial charge on any atom is -0.330 e. The Morgan fingerprint density at radius 3 is 2.83 bits per heavy atom. The van der Waals surface area contributed by atoms with Crippen molar-refractivity contribution in [1.82, 2.24) is 4.98 Å². The average Bonchev–Trinajstić information content (AvgIpc) is 2.34. The molecule has 0 radical (unpaired) electrons. The monoisotopic (exact) mass is 248 g/mol. The van der Waals surface area contributed by atoms with Crippen LogP contribution in [-0.4, -0.2) is 11.5 Å². The lowest BCUT2D eigenvalue weighted by Crippen LogP contribution is -2.03. The molecule has 0 saturated carbocycles. The number of halogens is 1. The molecule has 2 N–H and O–H groups in total. The van der Waals surface area contributed by atoms with Crippen LogP contribution in [0.2, 0.25) is 0 Å². The van der Waals surface area contributed by atoms with Crippen molar-refractivity contribution in [2.75, 3.05) is 6.54 Å². The summed E-state index contributed by atoms with van der Waals surface area (Å²) in [5, 5.41) is 1.22. The van der Waals surface area contributed by atoms with Crippen LogP contribution >= 0.6 is 27.3 Å². The van der Waals surface area contributed by atoms with Gasteiger partial charge >= 0.3 is 0 Å². The Morgan fingerprint density at radius 1 is 1.50 bits per heavy atom. The summed E-state index contributed by atoms with van der Waals surface area (Å²) in [6, 6.07) is 0. The van der Waals surface area contributed by atoms with Crippen molar-refractivity contribution in [3.8, 4) is 0 Å². The zero-order valence-electron chi connectivity index (χ0n) is 7.14. The van der Waals surface area contributed by atoms with Gasteiger partial charge in [-0.15, -0.1) is 11.3 Å². The minimum absolute atomic E-state index is 0.675. The number of hydrogen-bond donors (Lipinski definition) is 1. The molecule has 1 aromatic heterocycles. The van der Waals surface area contributed by atoms with Crippen molar-refractivity contribution in [1.29, 1.82) is 0 Å². The van der Waals surface area contributed by atoms with Crippen LogP contribution in [0.25, 0.3) is 0 Å². The molecule has 0 unspecified atom stereocenters. The quantitative estimate of drug-likeness (QED) is 0.889. The van der Waals surface area contributed by atoms with Gasteiger partial charge in [-0.05, 0) is 35.3 Å². The lowest BCUT2D eigenvalue weighted by Gasteiger charge is -1.90. The van der Waals surface area contributed by atoms with Gasteiger partial charge in [-0.2, -0.15) is 0 Å². The number of nitrogens with two attached hydrogens (primary N) is 1. The molecule has 12 heavy (non-hydrogen) atoms. The van der Waals surface area contributed by atoms with Gasteiger partial charge in [0.25, 0.3) is 0 Å². The van der Waals surface area contributed by atoms with Gasteiger partial charge in [-0.3, -0.25) is 0 Å². The van der Waals surface area contributed by atoms with Crippen molar-refractivity contribution in [3.63, 3.8) is 0 Å². The first-order valence-electron chi connectivity index (χ1n) is 4.12. The third-order valence-corrected chi connectivity index (χ3v) is 3.43. The van der Waals surface area contributed by atoms with Crippen LogP contribution in [0.5, 0.6) is 0 Å². The van der Waals surface area contributed by atoms with Gasteiger partial charge < -0.3 is 5.73 Å². The highest BCUT2D eigenvalue weighted by Crippen LogP contribution is 2.25. The molecule has 0 fully saturated rings. The molecule has 0 aliphatic rings. The summed E-state index contributed by atoms with van der Waals surface area (Å²) in [6.07, 6.45) is 3.11. The molecule has 0 aliphatic heterocycles. The predicted molar refractivity (Wildman–Crippen MR) is 56.6 cm³/mol. The third kappa shape index (κ3) is 2.54. The predicted octanol–water partition coefficient (Wildman–Crippen LogP) is 2.36. The topological polar surface area (TPSA) is 38.9 Å². The largest absolute Gasteiger partial charge is 0.330 e. The fourth-order valence-corrected chi connectivity index (χ4v) is 2.77. The molecule has 68 valence electrons. The molecule has 0 atom stereocenters. The van der Waals surface area contributed by atoms with Gasteiger partial charge in [0.1, 0.15) is 0 Å². The van der Waals surface area contributed by atoms with Crippen molar-refractivity contribution in [2.24, 2.45) is 5.73 Å². The van der Waals surface area contributed by atoms with E-state index in [4.69, 9.17) is 5.73 Å². The summed E-state index contributed by atoms with van der Waals surface area (Å²) in [6.45, 7) is 2.84. The molecule has 4 heteroatoms. The Balaban J connectivity index is 2.70. The molecule has 1 heterocycles. The van der Waals surface area contributed by atoms with Gasteiger partial charge in [-0.25, -0.2) is 4.98 Å². The van der Waals surface area contributed by atoms with Gasteiger partial charge in [0.15, 0.2) is 0 Å². The minimum atomic E-state index is 0.675. The Hall–Kier alpha value is 0.0700. The zero-order valence-corrected chi connectivity index (χ0v) is 9.54.